The third-order valence-corrected chi connectivity index (χ3v) is 12.6. The van der Waals surface area contributed by atoms with Gasteiger partial charge in [0.2, 0.25) is 0 Å². The van der Waals surface area contributed by atoms with Gasteiger partial charge in [-0.15, -0.1) is 22.7 Å². The molecule has 0 unspecified atom stereocenters. The van der Waals surface area contributed by atoms with E-state index in [2.05, 4.69) is 161 Å². The zero-order valence-corrected chi connectivity index (χ0v) is 31.0. The van der Waals surface area contributed by atoms with Crippen LogP contribution in [0.2, 0.25) is 0 Å². The summed E-state index contributed by atoms with van der Waals surface area (Å²) in [4.78, 5) is 5.94. The van der Waals surface area contributed by atoms with Crippen molar-refractivity contribution in [2.24, 2.45) is 0 Å². The maximum absolute atomic E-state index is 9.40. The van der Waals surface area contributed by atoms with Crippen LogP contribution in [0, 0.1) is 17.9 Å². The van der Waals surface area contributed by atoms with Crippen molar-refractivity contribution in [1.82, 2.24) is 0 Å². The summed E-state index contributed by atoms with van der Waals surface area (Å²) >= 11 is 3.48. The molecule has 10 rings (SSSR count). The van der Waals surface area contributed by atoms with Crippen molar-refractivity contribution in [3.05, 3.63) is 193 Å². The largest absolute Gasteiger partial charge is 0.311 e. The van der Waals surface area contributed by atoms with E-state index in [1.807, 2.05) is 30.3 Å². The summed E-state index contributed by atoms with van der Waals surface area (Å²) in [6.45, 7) is 7.42. The Kier molecular flexibility index (Phi) is 7.97. The van der Waals surface area contributed by atoms with Crippen LogP contribution in [0.1, 0.15) is 5.56 Å². The monoisotopic (exact) mass is 735 g/mol. The van der Waals surface area contributed by atoms with E-state index in [1.54, 1.807) is 22.7 Å². The van der Waals surface area contributed by atoms with Crippen molar-refractivity contribution >= 4 is 85.8 Å². The Morgan fingerprint density at radius 3 is 1.31 bits per heavy atom. The van der Waals surface area contributed by atoms with Crippen molar-refractivity contribution in [2.75, 3.05) is 4.90 Å². The van der Waals surface area contributed by atoms with Crippen molar-refractivity contribution < 1.29 is 0 Å². The van der Waals surface area contributed by atoms with Gasteiger partial charge in [0, 0.05) is 52.0 Å². The standard InChI is InChI=1S/C50H29N3S2/c1-52-39-16-26-46-45-25-15-38(29-49(45)55-50(46)30-39)36-12-21-42(22-13-36)53(40-17-8-34(9-18-40)33-5-3-2-4-6-33)41-19-10-35(11-20-41)37-14-24-44-43-23-7-32(31-51)27-47(43)54-48(44)28-37/h2-30H. The molecular weight excluding hydrogens is 707 g/mol. The molecule has 0 radical (unpaired) electrons. The van der Waals surface area contributed by atoms with Gasteiger partial charge in [0.15, 0.2) is 5.69 Å². The minimum absolute atomic E-state index is 0.675. The minimum atomic E-state index is 0.675. The molecule has 0 spiro atoms. The van der Waals surface area contributed by atoms with Gasteiger partial charge in [-0.05, 0) is 105 Å². The van der Waals surface area contributed by atoms with Gasteiger partial charge in [-0.25, -0.2) is 4.85 Å². The molecule has 0 aliphatic rings. The summed E-state index contributed by atoms with van der Waals surface area (Å²) < 4.78 is 4.72. The van der Waals surface area contributed by atoms with Crippen LogP contribution in [0.15, 0.2) is 176 Å². The van der Waals surface area contributed by atoms with Crippen LogP contribution in [-0.4, -0.2) is 0 Å². The van der Waals surface area contributed by atoms with Crippen LogP contribution in [0.4, 0.5) is 22.7 Å². The van der Waals surface area contributed by atoms with E-state index in [1.165, 1.54) is 47.6 Å². The van der Waals surface area contributed by atoms with Crippen molar-refractivity contribution in [3.63, 3.8) is 0 Å². The Morgan fingerprint density at radius 2 is 0.818 bits per heavy atom. The zero-order chi connectivity index (χ0) is 36.9. The van der Waals surface area contributed by atoms with Crippen LogP contribution >= 0.6 is 22.7 Å². The van der Waals surface area contributed by atoms with E-state index < -0.39 is 0 Å². The molecule has 8 aromatic carbocycles. The maximum atomic E-state index is 9.40. The molecule has 0 N–H and O–H groups in total. The van der Waals surface area contributed by atoms with E-state index in [4.69, 9.17) is 6.57 Å². The average molecular weight is 736 g/mol. The van der Waals surface area contributed by atoms with Gasteiger partial charge >= 0.3 is 0 Å². The summed E-state index contributed by atoms with van der Waals surface area (Å²) in [5.74, 6) is 0. The molecule has 0 atom stereocenters. The maximum Gasteiger partial charge on any atom is 0.188 e. The quantitative estimate of drug-likeness (QED) is 0.159. The van der Waals surface area contributed by atoms with E-state index in [-0.39, 0.29) is 0 Å². The summed E-state index contributed by atoms with van der Waals surface area (Å²) in [5.41, 5.74) is 11.6. The van der Waals surface area contributed by atoms with Crippen LogP contribution in [0.3, 0.4) is 0 Å². The first-order valence-corrected chi connectivity index (χ1v) is 19.6. The summed E-state index contributed by atoms with van der Waals surface area (Å²) in [6, 6.07) is 64.5. The molecule has 5 heteroatoms. The highest BCUT2D eigenvalue weighted by atomic mass is 32.1. The molecule has 0 aliphatic carbocycles. The number of hydrogen-bond donors (Lipinski definition) is 0. The van der Waals surface area contributed by atoms with Crippen LogP contribution < -0.4 is 4.90 Å². The van der Waals surface area contributed by atoms with E-state index >= 15 is 0 Å². The molecule has 0 aliphatic heterocycles. The molecule has 2 heterocycles. The van der Waals surface area contributed by atoms with Gasteiger partial charge in [-0.2, -0.15) is 5.26 Å². The zero-order valence-electron chi connectivity index (χ0n) is 29.4. The first-order chi connectivity index (χ1) is 27.1. The van der Waals surface area contributed by atoms with Crippen molar-refractivity contribution in [1.29, 1.82) is 5.26 Å². The molecule has 55 heavy (non-hydrogen) atoms. The van der Waals surface area contributed by atoms with E-state index in [9.17, 15) is 5.26 Å². The molecule has 0 saturated carbocycles. The Morgan fingerprint density at radius 1 is 0.418 bits per heavy atom. The Hall–Kier alpha value is -7.02. The fourth-order valence-electron chi connectivity index (χ4n) is 7.53. The van der Waals surface area contributed by atoms with Gasteiger partial charge in [-0.3, -0.25) is 0 Å². The number of hydrogen-bond acceptors (Lipinski definition) is 4. The van der Waals surface area contributed by atoms with E-state index in [0.717, 1.165) is 43.2 Å². The molecule has 256 valence electrons. The minimum Gasteiger partial charge on any atom is -0.311 e. The number of nitrogens with zero attached hydrogens (tertiary/aromatic N) is 3. The number of thiophene rings is 2. The second-order valence-electron chi connectivity index (χ2n) is 13.6. The number of nitriles is 1. The molecule has 0 amide bonds. The first kappa shape index (κ1) is 32.6. The predicted octanol–water partition coefficient (Wildman–Crippen LogP) is 15.3. The third-order valence-electron chi connectivity index (χ3n) is 10.3. The molecule has 0 bridgehead atoms. The topological polar surface area (TPSA) is 31.4 Å². The molecule has 0 saturated heterocycles. The highest BCUT2D eigenvalue weighted by Crippen LogP contribution is 2.41. The number of anilines is 3. The Balaban J connectivity index is 1.00. The average Bonchev–Trinajstić information content (AvgIpc) is 3.81. The first-order valence-electron chi connectivity index (χ1n) is 18.0. The van der Waals surface area contributed by atoms with Gasteiger partial charge in [0.1, 0.15) is 0 Å². The van der Waals surface area contributed by atoms with Crippen molar-refractivity contribution in [3.8, 4) is 39.4 Å². The molecule has 10 aromatic rings. The number of rotatable bonds is 6. The third kappa shape index (κ3) is 5.89. The highest BCUT2D eigenvalue weighted by Gasteiger charge is 2.15. The fourth-order valence-corrected chi connectivity index (χ4v) is 9.89. The van der Waals surface area contributed by atoms with Gasteiger partial charge in [0.05, 0.1) is 18.2 Å². The summed E-state index contributed by atoms with van der Waals surface area (Å²) in [5, 5.41) is 14.2. The second-order valence-corrected chi connectivity index (χ2v) is 15.8. The lowest BCUT2D eigenvalue weighted by molar-refractivity contribution is 1.28. The lowest BCUT2D eigenvalue weighted by Crippen LogP contribution is -2.09. The lowest BCUT2D eigenvalue weighted by atomic mass is 10.0. The highest BCUT2D eigenvalue weighted by molar-refractivity contribution is 7.26. The smallest absolute Gasteiger partial charge is 0.188 e. The Labute approximate surface area is 326 Å². The molecule has 2 aromatic heterocycles. The molecular formula is C50H29N3S2. The van der Waals surface area contributed by atoms with Gasteiger partial charge in [-0.1, -0.05) is 109 Å². The van der Waals surface area contributed by atoms with Gasteiger partial charge in [0.25, 0.3) is 0 Å². The number of fused-ring (bicyclic) bond motifs is 6. The SMILES string of the molecule is [C-]#[N+]c1ccc2c(c1)sc1cc(-c3ccc(N(c4ccc(-c5ccccc5)cc4)c4ccc(-c5ccc6c(c5)sc5cc(C#N)ccc56)cc4)cc3)ccc12. The molecule has 0 fully saturated rings. The molecule has 3 nitrogen and oxygen atoms in total. The Bertz CT molecular complexity index is 2970. The predicted molar refractivity (Wildman–Crippen MR) is 234 cm³/mol. The van der Waals surface area contributed by atoms with Crippen molar-refractivity contribution in [2.45, 2.75) is 0 Å². The summed E-state index contributed by atoms with van der Waals surface area (Å²) in [6.07, 6.45) is 0. The summed E-state index contributed by atoms with van der Waals surface area (Å²) in [7, 11) is 0. The van der Waals surface area contributed by atoms with Crippen LogP contribution in [0.25, 0.3) is 78.6 Å². The van der Waals surface area contributed by atoms with Gasteiger partial charge < -0.3 is 4.90 Å². The van der Waals surface area contributed by atoms with Crippen LogP contribution in [0.5, 0.6) is 0 Å². The second kappa shape index (κ2) is 13.4. The normalized spacial score (nSPS) is 11.2. The fraction of sp³-hybridized carbons (Fsp3) is 0. The number of benzene rings is 8. The van der Waals surface area contributed by atoms with E-state index in [0.29, 0.717) is 11.3 Å². The van der Waals surface area contributed by atoms with Crippen LogP contribution in [-0.2, 0) is 0 Å². The lowest BCUT2D eigenvalue weighted by Gasteiger charge is -2.26.